The van der Waals surface area contributed by atoms with Crippen LogP contribution in [0.15, 0.2) is 63.9 Å². The molecule has 2 aromatic carbocycles. The molecule has 0 aliphatic heterocycles. The number of anilines is 1. The Morgan fingerprint density at radius 1 is 1.03 bits per heavy atom. The van der Waals surface area contributed by atoms with Gasteiger partial charge in [-0.05, 0) is 50.2 Å². The number of carbonyl (C=O) groups is 1. The highest BCUT2D eigenvalue weighted by Gasteiger charge is 2.19. The summed E-state index contributed by atoms with van der Waals surface area (Å²) in [6.45, 7) is 3.84. The first kappa shape index (κ1) is 21.1. The van der Waals surface area contributed by atoms with Crippen molar-refractivity contribution in [2.75, 3.05) is 19.6 Å². The third kappa shape index (κ3) is 5.26. The number of nitrogens with zero attached hydrogens (tertiary/aromatic N) is 4. The van der Waals surface area contributed by atoms with Crippen LogP contribution in [0.1, 0.15) is 16.3 Å². The number of thiazole rings is 1. The summed E-state index contributed by atoms with van der Waals surface area (Å²) in [7, 11) is 3.15. The van der Waals surface area contributed by atoms with Gasteiger partial charge in [0.25, 0.3) is 5.91 Å². The molecular formula is C21H22N6O2S. The van der Waals surface area contributed by atoms with Crippen molar-refractivity contribution in [2.45, 2.75) is 13.8 Å². The van der Waals surface area contributed by atoms with Gasteiger partial charge < -0.3 is 10.1 Å². The van der Waals surface area contributed by atoms with E-state index in [4.69, 9.17) is 4.74 Å². The molecule has 0 bridgehead atoms. The Kier molecular flexibility index (Phi) is 6.87. The molecule has 9 heteroatoms. The van der Waals surface area contributed by atoms with E-state index in [1.165, 1.54) is 11.3 Å². The molecule has 0 unspecified atom stereocenters. The monoisotopic (exact) mass is 422 g/mol. The van der Waals surface area contributed by atoms with E-state index in [2.05, 4.69) is 31.1 Å². The zero-order valence-electron chi connectivity index (χ0n) is 17.1. The largest absolute Gasteiger partial charge is 0.497 e. The van der Waals surface area contributed by atoms with Gasteiger partial charge >= 0.3 is 0 Å². The third-order valence-corrected chi connectivity index (χ3v) is 5.14. The molecule has 1 aromatic heterocycles. The second-order valence-corrected chi connectivity index (χ2v) is 7.30. The minimum atomic E-state index is -0.355. The number of azo groups is 1. The van der Waals surface area contributed by atoms with Crippen molar-refractivity contribution in [1.29, 1.82) is 0 Å². The Balaban J connectivity index is 1.84. The average molecular weight is 423 g/mol. The molecule has 2 N–H and O–H groups in total. The number of rotatable bonds is 7. The maximum atomic E-state index is 12.4. The van der Waals surface area contributed by atoms with E-state index in [-0.39, 0.29) is 11.6 Å². The van der Waals surface area contributed by atoms with Crippen LogP contribution in [0, 0.1) is 13.8 Å². The Morgan fingerprint density at radius 3 is 2.37 bits per heavy atom. The van der Waals surface area contributed by atoms with E-state index < -0.39 is 0 Å². The van der Waals surface area contributed by atoms with E-state index in [0.29, 0.717) is 21.4 Å². The van der Waals surface area contributed by atoms with Crippen LogP contribution < -0.4 is 15.5 Å². The highest BCUT2D eigenvalue weighted by molar-refractivity contribution is 7.18. The first-order valence-corrected chi connectivity index (χ1v) is 9.98. The van der Waals surface area contributed by atoms with E-state index in [1.54, 1.807) is 38.4 Å². The summed E-state index contributed by atoms with van der Waals surface area (Å²) < 4.78 is 5.14. The van der Waals surface area contributed by atoms with Crippen molar-refractivity contribution in [3.8, 4) is 5.75 Å². The summed E-state index contributed by atoms with van der Waals surface area (Å²) in [5.74, 6) is 0.377. The summed E-state index contributed by atoms with van der Waals surface area (Å²) in [5, 5.41) is 16.5. The molecule has 1 amide bonds. The fourth-order valence-electron chi connectivity index (χ4n) is 2.40. The van der Waals surface area contributed by atoms with Gasteiger partial charge in [0.2, 0.25) is 0 Å². The maximum Gasteiger partial charge on any atom is 0.274 e. The smallest absolute Gasteiger partial charge is 0.274 e. The van der Waals surface area contributed by atoms with Crippen LogP contribution in [0.5, 0.6) is 5.75 Å². The van der Waals surface area contributed by atoms with E-state index in [9.17, 15) is 4.79 Å². The quantitative estimate of drug-likeness (QED) is 0.326. The fourth-order valence-corrected chi connectivity index (χ4v) is 3.27. The lowest BCUT2D eigenvalue weighted by molar-refractivity contribution is -0.114. The highest BCUT2D eigenvalue weighted by Crippen LogP contribution is 2.29. The number of methoxy groups -OCH3 is 1. The lowest BCUT2D eigenvalue weighted by Crippen LogP contribution is -2.29. The number of hydrazone groups is 1. The zero-order chi connectivity index (χ0) is 21.5. The molecule has 30 heavy (non-hydrogen) atoms. The number of carbonyl (C=O) groups excluding carboxylic acids is 1. The summed E-state index contributed by atoms with van der Waals surface area (Å²) in [4.78, 5) is 16.8. The van der Waals surface area contributed by atoms with Crippen LogP contribution in [0.3, 0.4) is 0 Å². The predicted octanol–water partition coefficient (Wildman–Crippen LogP) is 4.75. The van der Waals surface area contributed by atoms with Crippen molar-refractivity contribution < 1.29 is 9.53 Å². The number of nitrogens with one attached hydrogen (secondary N) is 2. The number of hydrogen-bond donors (Lipinski definition) is 2. The van der Waals surface area contributed by atoms with Crippen LogP contribution >= 0.6 is 11.3 Å². The van der Waals surface area contributed by atoms with Gasteiger partial charge in [-0.1, -0.05) is 29.0 Å². The summed E-state index contributed by atoms with van der Waals surface area (Å²) in [6.07, 6.45) is 0. The molecule has 0 spiro atoms. The van der Waals surface area contributed by atoms with Gasteiger partial charge in [-0.15, -0.1) is 10.2 Å². The molecular weight excluding hydrogens is 400 g/mol. The zero-order valence-corrected chi connectivity index (χ0v) is 17.9. The van der Waals surface area contributed by atoms with E-state index >= 15 is 0 Å². The Labute approximate surface area is 178 Å². The Morgan fingerprint density at radius 2 is 1.73 bits per heavy atom. The lowest BCUT2D eigenvalue weighted by Gasteiger charge is -2.05. The first-order chi connectivity index (χ1) is 14.5. The number of ether oxygens (including phenoxy) is 1. The van der Waals surface area contributed by atoms with Crippen molar-refractivity contribution >= 4 is 39.3 Å². The van der Waals surface area contributed by atoms with Gasteiger partial charge in [-0.2, -0.15) is 5.10 Å². The number of hydrogen-bond acceptors (Lipinski definition) is 8. The van der Waals surface area contributed by atoms with Crippen molar-refractivity contribution in [2.24, 2.45) is 15.3 Å². The first-order valence-electron chi connectivity index (χ1n) is 9.16. The van der Waals surface area contributed by atoms with Crippen molar-refractivity contribution in [3.63, 3.8) is 0 Å². The van der Waals surface area contributed by atoms with Crippen molar-refractivity contribution in [3.05, 3.63) is 64.8 Å². The minimum Gasteiger partial charge on any atom is -0.497 e. The molecule has 3 aromatic rings. The number of amides is 1. The molecule has 0 aliphatic rings. The molecule has 0 aliphatic carbocycles. The number of benzene rings is 2. The molecule has 3 rings (SSSR count). The fraction of sp³-hybridized carbons (Fsp3) is 0.190. The third-order valence-electron chi connectivity index (χ3n) is 4.09. The number of likely N-dealkylation sites (N-methyl/N-ethyl adjacent to an activating group) is 1. The number of aromatic nitrogens is 1. The van der Waals surface area contributed by atoms with Gasteiger partial charge in [0.15, 0.2) is 15.7 Å². The van der Waals surface area contributed by atoms with E-state index in [0.717, 1.165) is 17.0 Å². The molecule has 0 atom stereocenters. The Bertz CT molecular complexity index is 1070. The van der Waals surface area contributed by atoms with Gasteiger partial charge in [0.05, 0.1) is 24.2 Å². The molecule has 0 saturated heterocycles. The molecule has 1 heterocycles. The van der Waals surface area contributed by atoms with Crippen molar-refractivity contribution in [1.82, 2.24) is 10.3 Å². The second-order valence-electron chi connectivity index (χ2n) is 6.32. The maximum absolute atomic E-state index is 12.4. The van der Waals surface area contributed by atoms with Crippen LogP contribution in [0.4, 0.5) is 16.4 Å². The van der Waals surface area contributed by atoms with Gasteiger partial charge in [0, 0.05) is 7.05 Å². The standard InChI is InChI=1S/C21H22N6O2S/c1-13-5-7-15(8-6-13)25-27-20-14(2)23-21(30-20)18(19(28)22-3)26-24-16-9-11-17(29-4)12-10-16/h5-12,24H,1-4H3,(H,22,28). The predicted molar refractivity (Wildman–Crippen MR) is 119 cm³/mol. The minimum absolute atomic E-state index is 0.165. The second kappa shape index (κ2) is 9.75. The molecule has 8 nitrogen and oxygen atoms in total. The van der Waals surface area contributed by atoms with Crippen LogP contribution in [-0.4, -0.2) is 30.8 Å². The topological polar surface area (TPSA) is 100 Å². The van der Waals surface area contributed by atoms with Gasteiger partial charge in [0.1, 0.15) is 5.75 Å². The summed E-state index contributed by atoms with van der Waals surface area (Å²) in [5.41, 5.74) is 6.34. The summed E-state index contributed by atoms with van der Waals surface area (Å²) in [6, 6.07) is 14.9. The molecule has 0 radical (unpaired) electrons. The highest BCUT2D eigenvalue weighted by atomic mass is 32.1. The average Bonchev–Trinajstić information content (AvgIpc) is 3.13. The van der Waals surface area contributed by atoms with Gasteiger partial charge in [-0.3, -0.25) is 10.2 Å². The lowest BCUT2D eigenvalue weighted by atomic mass is 10.2. The normalized spacial score (nSPS) is 11.5. The summed E-state index contributed by atoms with van der Waals surface area (Å²) >= 11 is 1.25. The number of aryl methyl sites for hydroxylation is 2. The molecule has 0 fully saturated rings. The van der Waals surface area contributed by atoms with Gasteiger partial charge in [-0.25, -0.2) is 4.98 Å². The molecule has 154 valence electrons. The SMILES string of the molecule is CNC(=O)C(=NNc1ccc(OC)cc1)c1nc(C)c(N=Nc2ccc(C)cc2)s1. The Hall–Kier alpha value is -3.59. The molecule has 0 saturated carbocycles. The van der Waals surface area contributed by atoms with Crippen LogP contribution in [0.2, 0.25) is 0 Å². The van der Waals surface area contributed by atoms with Crippen LogP contribution in [0.25, 0.3) is 0 Å². The van der Waals surface area contributed by atoms with Crippen LogP contribution in [-0.2, 0) is 4.79 Å². The van der Waals surface area contributed by atoms with E-state index in [1.807, 2.05) is 38.1 Å².